The van der Waals surface area contributed by atoms with Crippen LogP contribution in [0.2, 0.25) is 0 Å². The number of ether oxygens (including phenoxy) is 2. The summed E-state index contributed by atoms with van der Waals surface area (Å²) in [4.78, 5) is 13.9. The molecule has 1 N–H and O–H groups in total. The Balaban J connectivity index is 2.40. The number of carbonyl (C=O) groups excluding carboxylic acids is 1. The van der Waals surface area contributed by atoms with E-state index in [4.69, 9.17) is 9.47 Å². The Labute approximate surface area is 103 Å². The van der Waals surface area contributed by atoms with Crippen LogP contribution in [0.25, 0.3) is 0 Å². The van der Waals surface area contributed by atoms with Gasteiger partial charge in [-0.25, -0.2) is 0 Å². The van der Waals surface area contributed by atoms with Gasteiger partial charge in [0.15, 0.2) is 0 Å². The highest BCUT2D eigenvalue weighted by molar-refractivity contribution is 5.75. The molecule has 1 aliphatic rings. The first kappa shape index (κ1) is 14.4. The summed E-state index contributed by atoms with van der Waals surface area (Å²) in [5.74, 6) is -0.181. The summed E-state index contributed by atoms with van der Waals surface area (Å²) in [6.07, 6.45) is 2.35. The Morgan fingerprint density at radius 1 is 1.53 bits per heavy atom. The van der Waals surface area contributed by atoms with Crippen LogP contribution in [-0.2, 0) is 14.3 Å². The van der Waals surface area contributed by atoms with Crippen LogP contribution < -0.4 is 5.32 Å². The van der Waals surface area contributed by atoms with Gasteiger partial charge in [-0.15, -0.1) is 0 Å². The lowest BCUT2D eigenvalue weighted by atomic mass is 10.2. The van der Waals surface area contributed by atoms with E-state index >= 15 is 0 Å². The third-order valence-corrected chi connectivity index (χ3v) is 3.13. The molecule has 100 valence electrons. The minimum atomic E-state index is -0.226. The van der Waals surface area contributed by atoms with Gasteiger partial charge in [0.05, 0.1) is 13.2 Å². The molecule has 0 radical (unpaired) electrons. The summed E-state index contributed by atoms with van der Waals surface area (Å²) < 4.78 is 10.1. The van der Waals surface area contributed by atoms with Crippen molar-refractivity contribution >= 4 is 5.97 Å². The van der Waals surface area contributed by atoms with Crippen molar-refractivity contribution in [1.82, 2.24) is 10.2 Å². The lowest BCUT2D eigenvalue weighted by molar-refractivity contribution is -0.143. The number of nitrogens with zero attached hydrogens (tertiary/aromatic N) is 1. The zero-order valence-corrected chi connectivity index (χ0v) is 11.1. The van der Waals surface area contributed by atoms with Crippen molar-refractivity contribution in [1.29, 1.82) is 0 Å². The number of hydrogen-bond acceptors (Lipinski definition) is 5. The fraction of sp³-hybridized carbons (Fsp3) is 0.917. The van der Waals surface area contributed by atoms with Crippen molar-refractivity contribution < 1.29 is 14.3 Å². The predicted molar refractivity (Wildman–Crippen MR) is 66.0 cm³/mol. The third kappa shape index (κ3) is 4.61. The molecule has 0 aliphatic carbocycles. The average Bonchev–Trinajstić information content (AvgIpc) is 2.81. The molecule has 17 heavy (non-hydrogen) atoms. The maximum Gasteiger partial charge on any atom is 0.324 e. The highest BCUT2D eigenvalue weighted by Crippen LogP contribution is 2.12. The SMILES string of the molecule is CCCNC(CN1CCC(OC)C1)C(=O)OC. The number of carbonyl (C=O) groups is 1. The number of esters is 1. The predicted octanol–water partition coefficient (Wildman–Crippen LogP) is 0.248. The Hall–Kier alpha value is -0.650. The standard InChI is InChI=1S/C12H24N2O3/c1-4-6-13-11(12(15)17-3)9-14-7-5-10(8-14)16-2/h10-11,13H,4-9H2,1-3H3. The van der Waals surface area contributed by atoms with Gasteiger partial charge in [-0.3, -0.25) is 9.69 Å². The van der Waals surface area contributed by atoms with Crippen LogP contribution in [0, 0.1) is 0 Å². The topological polar surface area (TPSA) is 50.8 Å². The molecule has 1 aliphatic heterocycles. The van der Waals surface area contributed by atoms with Crippen LogP contribution >= 0.6 is 0 Å². The van der Waals surface area contributed by atoms with Crippen LogP contribution in [0.5, 0.6) is 0 Å². The molecule has 0 aromatic carbocycles. The van der Waals surface area contributed by atoms with E-state index in [1.165, 1.54) is 7.11 Å². The molecule has 5 heteroatoms. The second-order valence-corrected chi connectivity index (χ2v) is 4.44. The summed E-state index contributed by atoms with van der Waals surface area (Å²) in [5.41, 5.74) is 0. The number of rotatable bonds is 7. The molecular weight excluding hydrogens is 220 g/mol. The average molecular weight is 244 g/mol. The van der Waals surface area contributed by atoms with Gasteiger partial charge in [-0.05, 0) is 19.4 Å². The zero-order valence-electron chi connectivity index (χ0n) is 11.1. The summed E-state index contributed by atoms with van der Waals surface area (Å²) in [5, 5.41) is 3.22. The molecular formula is C12H24N2O3. The molecule has 1 heterocycles. The number of nitrogens with one attached hydrogen (secondary N) is 1. The van der Waals surface area contributed by atoms with E-state index in [2.05, 4.69) is 17.1 Å². The third-order valence-electron chi connectivity index (χ3n) is 3.13. The highest BCUT2D eigenvalue weighted by Gasteiger charge is 2.27. The molecule has 2 atom stereocenters. The first-order valence-corrected chi connectivity index (χ1v) is 6.27. The summed E-state index contributed by atoms with van der Waals surface area (Å²) in [6, 6.07) is -0.226. The molecule has 0 aromatic heterocycles. The van der Waals surface area contributed by atoms with Gasteiger partial charge in [0.1, 0.15) is 6.04 Å². The van der Waals surface area contributed by atoms with E-state index < -0.39 is 0 Å². The van der Waals surface area contributed by atoms with Crippen molar-refractivity contribution in [3.8, 4) is 0 Å². The van der Waals surface area contributed by atoms with Crippen LogP contribution in [-0.4, -0.2) is 63.4 Å². The summed E-state index contributed by atoms with van der Waals surface area (Å²) >= 11 is 0. The Kier molecular flexibility index (Phi) is 6.47. The van der Waals surface area contributed by atoms with E-state index in [1.54, 1.807) is 7.11 Å². The monoisotopic (exact) mass is 244 g/mol. The molecule has 0 aromatic rings. The van der Waals surface area contributed by atoms with Crippen LogP contribution in [0.1, 0.15) is 19.8 Å². The van der Waals surface area contributed by atoms with Crippen molar-refractivity contribution in [2.75, 3.05) is 40.4 Å². The maximum absolute atomic E-state index is 11.6. The lowest BCUT2D eigenvalue weighted by Gasteiger charge is -2.22. The minimum absolute atomic E-state index is 0.181. The fourth-order valence-corrected chi connectivity index (χ4v) is 2.10. The number of likely N-dealkylation sites (tertiary alicyclic amines) is 1. The van der Waals surface area contributed by atoms with Crippen molar-refractivity contribution in [3.05, 3.63) is 0 Å². The van der Waals surface area contributed by atoms with Gasteiger partial charge >= 0.3 is 5.97 Å². The van der Waals surface area contributed by atoms with Gasteiger partial charge in [-0.2, -0.15) is 0 Å². The molecule has 5 nitrogen and oxygen atoms in total. The maximum atomic E-state index is 11.6. The minimum Gasteiger partial charge on any atom is -0.468 e. The summed E-state index contributed by atoms with van der Waals surface area (Å²) in [7, 11) is 3.17. The molecule has 1 fully saturated rings. The van der Waals surface area contributed by atoms with Crippen LogP contribution in [0.4, 0.5) is 0 Å². The van der Waals surface area contributed by atoms with Crippen molar-refractivity contribution in [3.63, 3.8) is 0 Å². The van der Waals surface area contributed by atoms with Gasteiger partial charge < -0.3 is 14.8 Å². The summed E-state index contributed by atoms with van der Waals surface area (Å²) in [6.45, 7) is 5.50. The van der Waals surface area contributed by atoms with E-state index in [9.17, 15) is 4.79 Å². The van der Waals surface area contributed by atoms with Crippen molar-refractivity contribution in [2.45, 2.75) is 31.9 Å². The van der Waals surface area contributed by atoms with E-state index in [0.717, 1.165) is 32.5 Å². The van der Waals surface area contributed by atoms with Gasteiger partial charge in [0.25, 0.3) is 0 Å². The first-order chi connectivity index (χ1) is 8.21. The quantitative estimate of drug-likeness (QED) is 0.651. The van der Waals surface area contributed by atoms with E-state index in [0.29, 0.717) is 12.6 Å². The first-order valence-electron chi connectivity index (χ1n) is 6.27. The van der Waals surface area contributed by atoms with Gasteiger partial charge in [0, 0.05) is 26.7 Å². The Bertz CT molecular complexity index is 236. The molecule has 1 saturated heterocycles. The molecule has 1 rings (SSSR count). The fourth-order valence-electron chi connectivity index (χ4n) is 2.10. The molecule has 2 unspecified atom stereocenters. The van der Waals surface area contributed by atoms with Crippen LogP contribution in [0.15, 0.2) is 0 Å². The Morgan fingerprint density at radius 3 is 2.82 bits per heavy atom. The second kappa shape index (κ2) is 7.63. The molecule has 0 spiro atoms. The molecule has 0 bridgehead atoms. The van der Waals surface area contributed by atoms with Gasteiger partial charge in [0.2, 0.25) is 0 Å². The van der Waals surface area contributed by atoms with E-state index in [-0.39, 0.29) is 12.0 Å². The number of methoxy groups -OCH3 is 2. The largest absolute Gasteiger partial charge is 0.468 e. The Morgan fingerprint density at radius 2 is 2.29 bits per heavy atom. The molecule has 0 amide bonds. The smallest absolute Gasteiger partial charge is 0.324 e. The van der Waals surface area contributed by atoms with Gasteiger partial charge in [-0.1, -0.05) is 6.92 Å². The van der Waals surface area contributed by atoms with E-state index in [1.807, 2.05) is 0 Å². The normalized spacial score (nSPS) is 22.6. The van der Waals surface area contributed by atoms with Crippen LogP contribution in [0.3, 0.4) is 0 Å². The number of hydrogen-bond donors (Lipinski definition) is 1. The highest BCUT2D eigenvalue weighted by atomic mass is 16.5. The second-order valence-electron chi connectivity index (χ2n) is 4.44. The molecule has 0 saturated carbocycles. The zero-order chi connectivity index (χ0) is 12.7. The van der Waals surface area contributed by atoms with Crippen molar-refractivity contribution in [2.24, 2.45) is 0 Å². The lowest BCUT2D eigenvalue weighted by Crippen LogP contribution is -2.46.